The van der Waals surface area contributed by atoms with E-state index in [2.05, 4.69) is 52.2 Å². The van der Waals surface area contributed by atoms with E-state index in [0.717, 1.165) is 23.6 Å². The molecule has 0 fully saturated rings. The molecule has 5 nitrogen and oxygen atoms in total. The largest absolute Gasteiger partial charge is 0.345 e. The number of carbonyl (C=O) groups is 1. The van der Waals surface area contributed by atoms with Crippen LogP contribution in [0.1, 0.15) is 28.7 Å². The molecule has 0 spiro atoms. The summed E-state index contributed by atoms with van der Waals surface area (Å²) in [6.07, 6.45) is 3.45. The van der Waals surface area contributed by atoms with Crippen LogP contribution in [0.4, 0.5) is 11.4 Å². The van der Waals surface area contributed by atoms with Crippen LogP contribution in [0.2, 0.25) is 0 Å². The van der Waals surface area contributed by atoms with Crippen LogP contribution in [-0.2, 0) is 6.54 Å². The van der Waals surface area contributed by atoms with Crippen molar-refractivity contribution in [3.8, 4) is 0 Å². The highest BCUT2D eigenvalue weighted by atomic mass is 16.1. The third-order valence-corrected chi connectivity index (χ3v) is 4.08. The number of amides is 1. The average molecular weight is 346 g/mol. The van der Waals surface area contributed by atoms with E-state index in [9.17, 15) is 4.79 Å². The Morgan fingerprint density at radius 3 is 2.58 bits per heavy atom. The molecule has 2 heterocycles. The number of benzene rings is 1. The lowest BCUT2D eigenvalue weighted by Gasteiger charge is -2.23. The Hall–Kier alpha value is -3.21. The molecule has 1 amide bonds. The monoisotopic (exact) mass is 346 g/mol. The molecule has 2 aromatic heterocycles. The van der Waals surface area contributed by atoms with Crippen LogP contribution >= 0.6 is 0 Å². The molecule has 0 unspecified atom stereocenters. The molecule has 26 heavy (non-hydrogen) atoms. The van der Waals surface area contributed by atoms with E-state index in [0.29, 0.717) is 12.2 Å². The minimum atomic E-state index is -0.208. The van der Waals surface area contributed by atoms with Crippen LogP contribution in [0.5, 0.6) is 0 Å². The fourth-order valence-corrected chi connectivity index (χ4v) is 2.75. The van der Waals surface area contributed by atoms with E-state index in [1.807, 2.05) is 30.3 Å². The van der Waals surface area contributed by atoms with Crippen molar-refractivity contribution in [3.63, 3.8) is 0 Å². The van der Waals surface area contributed by atoms with Crippen LogP contribution in [0.25, 0.3) is 0 Å². The van der Waals surface area contributed by atoms with Gasteiger partial charge in [0.15, 0.2) is 0 Å². The van der Waals surface area contributed by atoms with Crippen LogP contribution in [0.15, 0.2) is 67.0 Å². The van der Waals surface area contributed by atoms with E-state index in [-0.39, 0.29) is 5.91 Å². The van der Waals surface area contributed by atoms with Gasteiger partial charge in [0.2, 0.25) is 0 Å². The van der Waals surface area contributed by atoms with Gasteiger partial charge in [-0.05, 0) is 55.8 Å². The van der Waals surface area contributed by atoms with E-state index < -0.39 is 0 Å². The first-order valence-electron chi connectivity index (χ1n) is 8.65. The number of pyridine rings is 2. The molecule has 0 aliphatic heterocycles. The number of carbonyl (C=O) groups excluding carboxylic acids is 1. The Labute approximate surface area is 153 Å². The molecule has 0 aliphatic carbocycles. The van der Waals surface area contributed by atoms with Gasteiger partial charge in [0.25, 0.3) is 5.91 Å². The standard InChI is InChI=1S/C21H22N4O/c1-3-25(18-9-6-7-16(2)13-18)19-10-11-20(23-15-19)21(26)24-14-17-8-4-5-12-22-17/h4-13,15H,3,14H2,1-2H3,(H,24,26). The summed E-state index contributed by atoms with van der Waals surface area (Å²) in [5, 5.41) is 2.84. The molecular formula is C21H22N4O. The number of aryl methyl sites for hydroxylation is 1. The van der Waals surface area contributed by atoms with Gasteiger partial charge in [-0.3, -0.25) is 9.78 Å². The predicted octanol–water partition coefficient (Wildman–Crippen LogP) is 3.87. The fraction of sp³-hybridized carbons (Fsp3) is 0.190. The third-order valence-electron chi connectivity index (χ3n) is 4.08. The number of anilines is 2. The Kier molecular flexibility index (Phi) is 5.59. The zero-order valence-corrected chi connectivity index (χ0v) is 15.0. The molecule has 0 saturated heterocycles. The zero-order chi connectivity index (χ0) is 18.4. The predicted molar refractivity (Wildman–Crippen MR) is 104 cm³/mol. The highest BCUT2D eigenvalue weighted by molar-refractivity contribution is 5.92. The van der Waals surface area contributed by atoms with Gasteiger partial charge in [0.05, 0.1) is 24.1 Å². The summed E-state index contributed by atoms with van der Waals surface area (Å²) in [7, 11) is 0. The minimum absolute atomic E-state index is 0.208. The van der Waals surface area contributed by atoms with Crippen LogP contribution < -0.4 is 10.2 Å². The summed E-state index contributed by atoms with van der Waals surface area (Å²) < 4.78 is 0. The van der Waals surface area contributed by atoms with Crippen molar-refractivity contribution in [1.82, 2.24) is 15.3 Å². The van der Waals surface area contributed by atoms with Crippen molar-refractivity contribution in [2.75, 3.05) is 11.4 Å². The van der Waals surface area contributed by atoms with Gasteiger partial charge in [-0.25, -0.2) is 4.98 Å². The SMILES string of the molecule is CCN(c1ccc(C(=O)NCc2ccccn2)nc1)c1cccc(C)c1. The number of aromatic nitrogens is 2. The smallest absolute Gasteiger partial charge is 0.270 e. The molecular weight excluding hydrogens is 324 g/mol. The number of hydrogen-bond donors (Lipinski definition) is 1. The zero-order valence-electron chi connectivity index (χ0n) is 15.0. The van der Waals surface area contributed by atoms with Gasteiger partial charge in [-0.15, -0.1) is 0 Å². The molecule has 0 atom stereocenters. The summed E-state index contributed by atoms with van der Waals surface area (Å²) in [5.41, 5.74) is 4.49. The Bertz CT molecular complexity index is 863. The van der Waals surface area contributed by atoms with E-state index in [1.165, 1.54) is 5.56 Å². The number of hydrogen-bond acceptors (Lipinski definition) is 4. The molecule has 1 N–H and O–H groups in total. The average Bonchev–Trinajstić information content (AvgIpc) is 2.68. The molecule has 0 radical (unpaired) electrons. The maximum Gasteiger partial charge on any atom is 0.270 e. The lowest BCUT2D eigenvalue weighted by molar-refractivity contribution is 0.0945. The first-order chi connectivity index (χ1) is 12.7. The molecule has 0 bridgehead atoms. The fourth-order valence-electron chi connectivity index (χ4n) is 2.75. The first kappa shape index (κ1) is 17.6. The highest BCUT2D eigenvalue weighted by Crippen LogP contribution is 2.25. The normalized spacial score (nSPS) is 10.4. The van der Waals surface area contributed by atoms with Crippen molar-refractivity contribution in [2.45, 2.75) is 20.4 Å². The van der Waals surface area contributed by atoms with Crippen molar-refractivity contribution >= 4 is 17.3 Å². The Balaban J connectivity index is 1.70. The van der Waals surface area contributed by atoms with Crippen LogP contribution in [0, 0.1) is 6.92 Å². The molecule has 0 saturated carbocycles. The number of rotatable bonds is 6. The first-order valence-corrected chi connectivity index (χ1v) is 8.65. The second-order valence-electron chi connectivity index (χ2n) is 5.99. The second kappa shape index (κ2) is 8.25. The van der Waals surface area contributed by atoms with Gasteiger partial charge < -0.3 is 10.2 Å². The van der Waals surface area contributed by atoms with Crippen molar-refractivity contribution in [3.05, 3.63) is 83.9 Å². The van der Waals surface area contributed by atoms with E-state index in [4.69, 9.17) is 0 Å². The lowest BCUT2D eigenvalue weighted by Crippen LogP contribution is -2.24. The Morgan fingerprint density at radius 1 is 1.04 bits per heavy atom. The summed E-state index contributed by atoms with van der Waals surface area (Å²) in [6.45, 7) is 5.37. The summed E-state index contributed by atoms with van der Waals surface area (Å²) in [4.78, 5) is 23.0. The minimum Gasteiger partial charge on any atom is -0.345 e. The molecule has 0 aliphatic rings. The quantitative estimate of drug-likeness (QED) is 0.736. The summed E-state index contributed by atoms with van der Waals surface area (Å²) in [5.74, 6) is -0.208. The summed E-state index contributed by atoms with van der Waals surface area (Å²) in [6, 6.07) is 17.6. The van der Waals surface area contributed by atoms with Gasteiger partial charge in [-0.2, -0.15) is 0 Å². The van der Waals surface area contributed by atoms with Crippen molar-refractivity contribution in [2.24, 2.45) is 0 Å². The van der Waals surface area contributed by atoms with Crippen molar-refractivity contribution < 1.29 is 4.79 Å². The van der Waals surface area contributed by atoms with E-state index in [1.54, 1.807) is 18.5 Å². The van der Waals surface area contributed by atoms with Crippen LogP contribution in [0.3, 0.4) is 0 Å². The lowest BCUT2D eigenvalue weighted by atomic mass is 10.2. The molecule has 1 aromatic carbocycles. The highest BCUT2D eigenvalue weighted by Gasteiger charge is 2.11. The molecule has 3 aromatic rings. The molecule has 132 valence electrons. The van der Waals surface area contributed by atoms with Gasteiger partial charge in [-0.1, -0.05) is 18.2 Å². The van der Waals surface area contributed by atoms with E-state index >= 15 is 0 Å². The maximum atomic E-state index is 12.3. The van der Waals surface area contributed by atoms with Crippen molar-refractivity contribution in [1.29, 1.82) is 0 Å². The topological polar surface area (TPSA) is 58.1 Å². The Morgan fingerprint density at radius 2 is 1.92 bits per heavy atom. The number of nitrogens with one attached hydrogen (secondary N) is 1. The third kappa shape index (κ3) is 4.25. The van der Waals surface area contributed by atoms with Gasteiger partial charge in [0, 0.05) is 18.4 Å². The summed E-state index contributed by atoms with van der Waals surface area (Å²) >= 11 is 0. The molecule has 3 rings (SSSR count). The van der Waals surface area contributed by atoms with Gasteiger partial charge in [0.1, 0.15) is 5.69 Å². The number of nitrogens with zero attached hydrogens (tertiary/aromatic N) is 3. The molecule has 5 heteroatoms. The van der Waals surface area contributed by atoms with Gasteiger partial charge >= 0.3 is 0 Å². The second-order valence-corrected chi connectivity index (χ2v) is 5.99. The van der Waals surface area contributed by atoms with Crippen LogP contribution in [-0.4, -0.2) is 22.4 Å². The maximum absolute atomic E-state index is 12.3.